The fourth-order valence-electron chi connectivity index (χ4n) is 5.96. The van der Waals surface area contributed by atoms with Crippen LogP contribution in [-0.4, -0.2) is 44.4 Å². The third-order valence-electron chi connectivity index (χ3n) is 8.15. The zero-order valence-corrected chi connectivity index (χ0v) is 20.2. The molecule has 3 N–H and O–H groups in total. The van der Waals surface area contributed by atoms with E-state index in [2.05, 4.69) is 40.0 Å². The number of carbonyl (C=O) groups excluding carboxylic acids is 2. The van der Waals surface area contributed by atoms with Crippen LogP contribution in [0.4, 0.5) is 0 Å². The molecule has 1 aromatic carbocycles. The summed E-state index contributed by atoms with van der Waals surface area (Å²) in [6, 6.07) is 7.81. The van der Waals surface area contributed by atoms with Gasteiger partial charge in [0.05, 0.1) is 24.3 Å². The Balaban J connectivity index is 1.40. The van der Waals surface area contributed by atoms with Crippen LogP contribution in [0.3, 0.4) is 0 Å². The summed E-state index contributed by atoms with van der Waals surface area (Å²) < 4.78 is 2.15. The van der Waals surface area contributed by atoms with Crippen LogP contribution in [0.5, 0.6) is 0 Å². The quantitative estimate of drug-likeness (QED) is 0.713. The van der Waals surface area contributed by atoms with Gasteiger partial charge in [0, 0.05) is 31.0 Å². The molecule has 34 heavy (non-hydrogen) atoms. The van der Waals surface area contributed by atoms with Crippen molar-refractivity contribution in [1.82, 2.24) is 19.8 Å². The van der Waals surface area contributed by atoms with Gasteiger partial charge in [0.1, 0.15) is 6.04 Å². The first-order valence-corrected chi connectivity index (χ1v) is 12.9. The predicted octanol–water partition coefficient (Wildman–Crippen LogP) is 3.07. The topological polar surface area (TPSA) is 93.2 Å². The highest BCUT2D eigenvalue weighted by atomic mass is 16.2. The second-order valence-electron chi connectivity index (χ2n) is 10.4. The van der Waals surface area contributed by atoms with Crippen LogP contribution in [0.25, 0.3) is 0 Å². The summed E-state index contributed by atoms with van der Waals surface area (Å²) in [5, 5.41) is 3.21. The van der Waals surface area contributed by atoms with Gasteiger partial charge in [-0.1, -0.05) is 49.9 Å². The third kappa shape index (κ3) is 4.63. The van der Waals surface area contributed by atoms with Crippen molar-refractivity contribution in [2.45, 2.75) is 95.9 Å². The zero-order valence-electron chi connectivity index (χ0n) is 20.2. The number of carbonyl (C=O) groups is 2. The molecule has 2 aliphatic carbocycles. The Bertz CT molecular complexity index is 1040. The molecule has 2 aromatic rings. The van der Waals surface area contributed by atoms with Crippen molar-refractivity contribution in [2.75, 3.05) is 0 Å². The molecule has 3 unspecified atom stereocenters. The van der Waals surface area contributed by atoms with E-state index in [1.807, 2.05) is 17.3 Å². The summed E-state index contributed by atoms with van der Waals surface area (Å²) in [7, 11) is 0. The van der Waals surface area contributed by atoms with Gasteiger partial charge in [-0.25, -0.2) is 4.98 Å². The zero-order chi connectivity index (χ0) is 23.7. The molecule has 3 aliphatic rings. The van der Waals surface area contributed by atoms with Gasteiger partial charge in [-0.15, -0.1) is 0 Å². The van der Waals surface area contributed by atoms with Crippen molar-refractivity contribution in [3.63, 3.8) is 0 Å². The van der Waals surface area contributed by atoms with E-state index in [0.29, 0.717) is 19.5 Å². The highest BCUT2D eigenvalue weighted by molar-refractivity contribution is 5.89. The lowest BCUT2D eigenvalue weighted by Crippen LogP contribution is -2.58. The third-order valence-corrected chi connectivity index (χ3v) is 8.15. The summed E-state index contributed by atoms with van der Waals surface area (Å²) in [5.74, 6) is 0.0780. The maximum atomic E-state index is 13.6. The SMILES string of the molecule is Cc1ccccc1Cn1cnc2c1CN(C(=O)C1CCCC1)C(C(=O)NC1CCCCC1N)C2. The van der Waals surface area contributed by atoms with Crippen LogP contribution >= 0.6 is 0 Å². The van der Waals surface area contributed by atoms with Gasteiger partial charge in [0.15, 0.2) is 0 Å². The smallest absolute Gasteiger partial charge is 0.243 e. The van der Waals surface area contributed by atoms with Crippen molar-refractivity contribution in [2.24, 2.45) is 11.7 Å². The molecule has 7 heteroatoms. The largest absolute Gasteiger partial charge is 0.350 e. The van der Waals surface area contributed by atoms with E-state index in [0.717, 1.165) is 62.8 Å². The average molecular weight is 464 g/mol. The fourth-order valence-corrected chi connectivity index (χ4v) is 5.96. The molecule has 3 atom stereocenters. The van der Waals surface area contributed by atoms with Crippen molar-refractivity contribution in [3.8, 4) is 0 Å². The van der Waals surface area contributed by atoms with E-state index < -0.39 is 6.04 Å². The van der Waals surface area contributed by atoms with E-state index in [1.54, 1.807) is 0 Å². The summed E-state index contributed by atoms with van der Waals surface area (Å²) in [5.41, 5.74) is 10.8. The number of nitrogens with two attached hydrogens (primary N) is 1. The molecular formula is C27H37N5O2. The maximum Gasteiger partial charge on any atom is 0.243 e. The minimum Gasteiger partial charge on any atom is -0.350 e. The van der Waals surface area contributed by atoms with Gasteiger partial charge in [-0.3, -0.25) is 9.59 Å². The number of amides is 2. The second kappa shape index (κ2) is 9.90. The fraction of sp³-hybridized carbons (Fsp3) is 0.593. The van der Waals surface area contributed by atoms with Gasteiger partial charge in [-0.05, 0) is 43.7 Å². The number of nitrogens with one attached hydrogen (secondary N) is 1. The molecule has 0 bridgehead atoms. The van der Waals surface area contributed by atoms with Crippen molar-refractivity contribution >= 4 is 11.8 Å². The van der Waals surface area contributed by atoms with Crippen molar-refractivity contribution in [1.29, 1.82) is 0 Å². The van der Waals surface area contributed by atoms with E-state index in [4.69, 9.17) is 5.73 Å². The normalized spacial score (nSPS) is 25.2. The van der Waals surface area contributed by atoms with Crippen LogP contribution in [-0.2, 0) is 29.1 Å². The van der Waals surface area contributed by atoms with E-state index in [1.165, 1.54) is 11.1 Å². The molecule has 2 heterocycles. The van der Waals surface area contributed by atoms with Gasteiger partial charge in [-0.2, -0.15) is 0 Å². The summed E-state index contributed by atoms with van der Waals surface area (Å²) in [6.45, 7) is 3.27. The predicted molar refractivity (Wildman–Crippen MR) is 131 cm³/mol. The minimum atomic E-state index is -0.517. The van der Waals surface area contributed by atoms with Crippen molar-refractivity contribution < 1.29 is 9.59 Å². The molecule has 7 nitrogen and oxygen atoms in total. The number of hydrogen-bond acceptors (Lipinski definition) is 4. The number of benzene rings is 1. The Morgan fingerprint density at radius 2 is 1.82 bits per heavy atom. The van der Waals surface area contributed by atoms with E-state index in [9.17, 15) is 9.59 Å². The molecule has 0 saturated heterocycles. The highest BCUT2D eigenvalue weighted by Gasteiger charge is 2.40. The first-order valence-electron chi connectivity index (χ1n) is 12.9. The molecule has 182 valence electrons. The number of hydrogen-bond donors (Lipinski definition) is 2. The Hall–Kier alpha value is -2.67. The molecule has 2 fully saturated rings. The van der Waals surface area contributed by atoms with Crippen LogP contribution in [0.1, 0.15) is 73.9 Å². The second-order valence-corrected chi connectivity index (χ2v) is 10.4. The summed E-state index contributed by atoms with van der Waals surface area (Å²) >= 11 is 0. The number of aromatic nitrogens is 2. The number of imidazole rings is 1. The molecule has 0 radical (unpaired) electrons. The van der Waals surface area contributed by atoms with Crippen LogP contribution < -0.4 is 11.1 Å². The van der Waals surface area contributed by atoms with Gasteiger partial charge < -0.3 is 20.5 Å². The number of rotatable bonds is 5. The standard InChI is InChI=1S/C27H37N5O2/c1-18-8-2-3-11-20(18)15-31-17-29-23-14-24(26(33)30-22-13-7-6-12-21(22)28)32(16-25(23)31)27(34)19-9-4-5-10-19/h2-3,8,11,17,19,21-22,24H,4-7,9-10,12-16,28H2,1H3,(H,30,33). The molecular weight excluding hydrogens is 426 g/mol. The first-order chi connectivity index (χ1) is 16.5. The molecule has 0 spiro atoms. The number of nitrogens with zero attached hydrogens (tertiary/aromatic N) is 3. The van der Waals surface area contributed by atoms with Crippen LogP contribution in [0.15, 0.2) is 30.6 Å². The highest BCUT2D eigenvalue weighted by Crippen LogP contribution is 2.31. The number of fused-ring (bicyclic) bond motifs is 1. The summed E-state index contributed by atoms with van der Waals surface area (Å²) in [6.07, 6.45) is 10.4. The molecule has 1 aromatic heterocycles. The first kappa shape index (κ1) is 23.1. The Morgan fingerprint density at radius 3 is 2.59 bits per heavy atom. The van der Waals surface area contributed by atoms with Crippen LogP contribution in [0.2, 0.25) is 0 Å². The lowest BCUT2D eigenvalue weighted by molar-refractivity contribution is -0.145. The van der Waals surface area contributed by atoms with E-state index >= 15 is 0 Å². The minimum absolute atomic E-state index is 0.00954. The average Bonchev–Trinajstić information content (AvgIpc) is 3.51. The Labute approximate surface area is 202 Å². The maximum absolute atomic E-state index is 13.6. The molecule has 5 rings (SSSR count). The molecule has 2 saturated carbocycles. The lowest BCUT2D eigenvalue weighted by atomic mass is 9.90. The van der Waals surface area contributed by atoms with Gasteiger partial charge in [0.25, 0.3) is 0 Å². The lowest BCUT2D eigenvalue weighted by Gasteiger charge is -2.38. The van der Waals surface area contributed by atoms with Crippen molar-refractivity contribution in [3.05, 3.63) is 53.1 Å². The molecule has 1 aliphatic heterocycles. The molecule has 2 amide bonds. The monoisotopic (exact) mass is 463 g/mol. The van der Waals surface area contributed by atoms with E-state index in [-0.39, 0.29) is 29.8 Å². The summed E-state index contributed by atoms with van der Waals surface area (Å²) in [4.78, 5) is 33.7. The Kier molecular flexibility index (Phi) is 6.73. The van der Waals surface area contributed by atoms with Gasteiger partial charge >= 0.3 is 0 Å². The van der Waals surface area contributed by atoms with Crippen LogP contribution in [0, 0.1) is 12.8 Å². The van der Waals surface area contributed by atoms with Gasteiger partial charge in [0.2, 0.25) is 11.8 Å². The Morgan fingerprint density at radius 1 is 1.09 bits per heavy atom. The number of aryl methyl sites for hydroxylation is 1.